The van der Waals surface area contributed by atoms with Crippen molar-refractivity contribution in [2.24, 2.45) is 0 Å². The molecule has 82 valence electrons. The van der Waals surface area contributed by atoms with Gasteiger partial charge in [-0.3, -0.25) is 0 Å². The molecule has 1 aliphatic rings. The minimum atomic E-state index is -1.28. The number of hydrogen-bond donors (Lipinski definition) is 0. The van der Waals surface area contributed by atoms with Crippen LogP contribution in [0.15, 0.2) is 30.3 Å². The molecule has 1 nitrogen and oxygen atoms in total. The Morgan fingerprint density at radius 2 is 1.87 bits per heavy atom. The molecule has 0 radical (unpaired) electrons. The summed E-state index contributed by atoms with van der Waals surface area (Å²) in [5.41, 5.74) is 0.833. The lowest BCUT2D eigenvalue weighted by molar-refractivity contribution is 0.376. The first-order chi connectivity index (χ1) is 7.12. The fourth-order valence-corrected chi connectivity index (χ4v) is 6.48. The van der Waals surface area contributed by atoms with Crippen LogP contribution in [-0.2, 0) is 0 Å². The standard InChI is InChI=1S/C13H21NSi/c1-14-11-7-10-13(14)15(2,3)12-8-5-4-6-9-12/h4-6,8-9,13H,7,10-11H2,1-3H3. The van der Waals surface area contributed by atoms with Gasteiger partial charge in [-0.15, -0.1) is 0 Å². The zero-order valence-electron chi connectivity index (χ0n) is 10.0. The second kappa shape index (κ2) is 4.10. The van der Waals surface area contributed by atoms with E-state index in [0.717, 1.165) is 5.67 Å². The summed E-state index contributed by atoms with van der Waals surface area (Å²) in [5, 5.41) is 1.60. The molecule has 0 bridgehead atoms. The van der Waals surface area contributed by atoms with Gasteiger partial charge in [0.05, 0.1) is 8.07 Å². The molecular formula is C13H21NSi. The molecule has 2 rings (SSSR count). The maximum atomic E-state index is 2.57. The molecule has 0 amide bonds. The van der Waals surface area contributed by atoms with E-state index in [1.54, 1.807) is 5.19 Å². The quantitative estimate of drug-likeness (QED) is 0.690. The average molecular weight is 219 g/mol. The number of benzene rings is 1. The summed E-state index contributed by atoms with van der Waals surface area (Å²) in [5.74, 6) is 0. The first-order valence-corrected chi connectivity index (χ1v) is 8.96. The van der Waals surface area contributed by atoms with E-state index in [9.17, 15) is 0 Å². The predicted molar refractivity (Wildman–Crippen MR) is 69.2 cm³/mol. The highest BCUT2D eigenvalue weighted by Gasteiger charge is 2.38. The summed E-state index contributed by atoms with van der Waals surface area (Å²) < 4.78 is 0. The van der Waals surface area contributed by atoms with Crippen molar-refractivity contribution in [2.45, 2.75) is 31.6 Å². The van der Waals surface area contributed by atoms with Crippen LogP contribution in [0.5, 0.6) is 0 Å². The lowest BCUT2D eigenvalue weighted by atomic mass is 10.4. The highest BCUT2D eigenvalue weighted by Crippen LogP contribution is 2.24. The van der Waals surface area contributed by atoms with Gasteiger partial charge in [-0.1, -0.05) is 48.6 Å². The van der Waals surface area contributed by atoms with Gasteiger partial charge < -0.3 is 4.90 Å². The molecule has 1 heterocycles. The van der Waals surface area contributed by atoms with Crippen LogP contribution in [0.25, 0.3) is 0 Å². The zero-order chi connectivity index (χ0) is 10.9. The molecule has 1 aromatic rings. The first kappa shape index (κ1) is 10.9. The highest BCUT2D eigenvalue weighted by atomic mass is 28.3. The van der Waals surface area contributed by atoms with E-state index in [4.69, 9.17) is 0 Å². The molecule has 0 spiro atoms. The molecule has 15 heavy (non-hydrogen) atoms. The summed E-state index contributed by atoms with van der Waals surface area (Å²) in [7, 11) is 1.00. The van der Waals surface area contributed by atoms with Crippen molar-refractivity contribution in [3.8, 4) is 0 Å². The molecule has 1 unspecified atom stereocenters. The van der Waals surface area contributed by atoms with E-state index < -0.39 is 8.07 Å². The Labute approximate surface area is 94.1 Å². The normalized spacial score (nSPS) is 23.3. The van der Waals surface area contributed by atoms with Gasteiger partial charge in [0.25, 0.3) is 0 Å². The lowest BCUT2D eigenvalue weighted by Crippen LogP contribution is -2.56. The van der Waals surface area contributed by atoms with Gasteiger partial charge in [0, 0.05) is 5.67 Å². The molecule has 1 aromatic carbocycles. The molecule has 1 atom stereocenters. The third-order valence-electron chi connectivity index (χ3n) is 3.87. The van der Waals surface area contributed by atoms with Crippen LogP contribution in [0.3, 0.4) is 0 Å². The molecule has 1 fully saturated rings. The summed E-state index contributed by atoms with van der Waals surface area (Å²) >= 11 is 0. The Morgan fingerprint density at radius 1 is 1.20 bits per heavy atom. The largest absolute Gasteiger partial charge is 0.306 e. The van der Waals surface area contributed by atoms with Gasteiger partial charge in [0.1, 0.15) is 0 Å². The maximum Gasteiger partial charge on any atom is 0.0986 e. The third kappa shape index (κ3) is 2.01. The topological polar surface area (TPSA) is 3.24 Å². The molecule has 0 saturated carbocycles. The first-order valence-electron chi connectivity index (χ1n) is 5.88. The number of hydrogen-bond acceptors (Lipinski definition) is 1. The van der Waals surface area contributed by atoms with Crippen molar-refractivity contribution >= 4 is 13.3 Å². The van der Waals surface area contributed by atoms with Crippen molar-refractivity contribution < 1.29 is 0 Å². The zero-order valence-corrected chi connectivity index (χ0v) is 11.0. The number of nitrogens with zero attached hydrogens (tertiary/aromatic N) is 1. The fraction of sp³-hybridized carbons (Fsp3) is 0.538. The van der Waals surface area contributed by atoms with Gasteiger partial charge in [0.2, 0.25) is 0 Å². The van der Waals surface area contributed by atoms with Crippen molar-refractivity contribution in [3.05, 3.63) is 30.3 Å². The Morgan fingerprint density at radius 3 is 2.40 bits per heavy atom. The van der Waals surface area contributed by atoms with Gasteiger partial charge in [0.15, 0.2) is 0 Å². The molecule has 0 N–H and O–H groups in total. The van der Waals surface area contributed by atoms with Crippen LogP contribution in [-0.4, -0.2) is 32.2 Å². The van der Waals surface area contributed by atoms with Gasteiger partial charge >= 0.3 is 0 Å². The molecular weight excluding hydrogens is 198 g/mol. The minimum Gasteiger partial charge on any atom is -0.306 e. The van der Waals surface area contributed by atoms with Crippen molar-refractivity contribution in [2.75, 3.05) is 13.6 Å². The Hall–Kier alpha value is -0.603. The minimum absolute atomic E-state index is 0.833. The molecule has 1 saturated heterocycles. The van der Waals surface area contributed by atoms with E-state index in [1.165, 1.54) is 19.4 Å². The van der Waals surface area contributed by atoms with Crippen LogP contribution in [0.4, 0.5) is 0 Å². The second-order valence-corrected chi connectivity index (χ2v) is 9.91. The summed E-state index contributed by atoms with van der Waals surface area (Å²) in [6.45, 7) is 6.30. The van der Waals surface area contributed by atoms with E-state index in [-0.39, 0.29) is 0 Å². The number of likely N-dealkylation sites (tertiary alicyclic amines) is 1. The monoisotopic (exact) mass is 219 g/mol. The van der Waals surface area contributed by atoms with E-state index >= 15 is 0 Å². The van der Waals surface area contributed by atoms with E-state index in [1.807, 2.05) is 0 Å². The third-order valence-corrected chi connectivity index (χ3v) is 8.09. The molecule has 1 aliphatic heterocycles. The maximum absolute atomic E-state index is 2.57. The lowest BCUT2D eigenvalue weighted by Gasteiger charge is -2.34. The van der Waals surface area contributed by atoms with Crippen LogP contribution < -0.4 is 5.19 Å². The van der Waals surface area contributed by atoms with Crippen LogP contribution in [0, 0.1) is 0 Å². The molecule has 0 aromatic heterocycles. The van der Waals surface area contributed by atoms with Crippen molar-refractivity contribution in [1.82, 2.24) is 4.90 Å². The number of rotatable bonds is 2. The Balaban J connectivity index is 2.26. The SMILES string of the molecule is CN1CCCC1[Si](C)(C)c1ccccc1. The van der Waals surface area contributed by atoms with Crippen LogP contribution >= 0.6 is 0 Å². The Kier molecular flexibility index (Phi) is 2.98. The van der Waals surface area contributed by atoms with E-state index in [0.29, 0.717) is 0 Å². The predicted octanol–water partition coefficient (Wildman–Crippen LogP) is 2.24. The van der Waals surface area contributed by atoms with Crippen molar-refractivity contribution in [1.29, 1.82) is 0 Å². The second-order valence-electron chi connectivity index (χ2n) is 5.23. The molecule has 0 aliphatic carbocycles. The fourth-order valence-electron chi connectivity index (χ4n) is 2.88. The Bertz CT molecular complexity index is 321. The smallest absolute Gasteiger partial charge is 0.0986 e. The summed E-state index contributed by atoms with van der Waals surface area (Å²) in [6, 6.07) is 11.1. The van der Waals surface area contributed by atoms with Crippen LogP contribution in [0.2, 0.25) is 13.1 Å². The molecule has 2 heteroatoms. The van der Waals surface area contributed by atoms with Gasteiger partial charge in [-0.2, -0.15) is 0 Å². The summed E-state index contributed by atoms with van der Waals surface area (Å²) in [6.07, 6.45) is 2.77. The van der Waals surface area contributed by atoms with Crippen LogP contribution in [0.1, 0.15) is 12.8 Å². The average Bonchev–Trinajstić information content (AvgIpc) is 2.66. The summed E-state index contributed by atoms with van der Waals surface area (Å²) in [4.78, 5) is 2.57. The van der Waals surface area contributed by atoms with Gasteiger partial charge in [-0.25, -0.2) is 0 Å². The van der Waals surface area contributed by atoms with Gasteiger partial charge in [-0.05, 0) is 26.4 Å². The highest BCUT2D eigenvalue weighted by molar-refractivity contribution is 6.91. The van der Waals surface area contributed by atoms with Crippen molar-refractivity contribution in [3.63, 3.8) is 0 Å². The van der Waals surface area contributed by atoms with E-state index in [2.05, 4.69) is 55.4 Å².